The minimum absolute atomic E-state index is 0.0573. The number of ether oxygens (including phenoxy) is 2. The fourth-order valence-electron chi connectivity index (χ4n) is 4.05. The minimum Gasteiger partial charge on any atom is -0.491 e. The van der Waals surface area contributed by atoms with Crippen LogP contribution in [0.5, 0.6) is 11.5 Å². The van der Waals surface area contributed by atoms with Crippen molar-refractivity contribution in [1.82, 2.24) is 0 Å². The molecule has 0 aromatic heterocycles. The fraction of sp³-hybridized carbons (Fsp3) is 0.536. The number of carbonyl (C=O) groups is 1. The number of hydrogen-bond donors (Lipinski definition) is 2. The number of aliphatic hydroxyl groups excluding tert-OH is 2. The highest BCUT2D eigenvalue weighted by Gasteiger charge is 2.32. The standard InChI is InChI=1S/C28H40O5/c1-8-28(9-2,21-10-12-24(19(3)14-21)32-17-23(30)16-29)22-11-13-25(20(4)15-22)33-18-26(31)27(5,6)7/h10-15,23,29-30H,8-9,16-18H2,1-7H3/t23-/m1/s1. The molecule has 1 atom stereocenters. The molecule has 33 heavy (non-hydrogen) atoms. The van der Waals surface area contributed by atoms with Crippen LogP contribution in [0.15, 0.2) is 36.4 Å². The zero-order chi connectivity index (χ0) is 24.8. The van der Waals surface area contributed by atoms with Gasteiger partial charge in [-0.2, -0.15) is 0 Å². The lowest BCUT2D eigenvalue weighted by atomic mass is 9.70. The van der Waals surface area contributed by atoms with Crippen LogP contribution in [0.1, 0.15) is 69.7 Å². The Balaban J connectivity index is 2.32. The summed E-state index contributed by atoms with van der Waals surface area (Å²) in [5.41, 5.74) is 3.83. The SMILES string of the molecule is CCC(CC)(c1ccc(OCC(=O)C(C)(C)C)c(C)c1)c1ccc(OC[C@H](O)CO)c(C)c1. The summed E-state index contributed by atoms with van der Waals surface area (Å²) >= 11 is 0. The van der Waals surface area contributed by atoms with Gasteiger partial charge in [0.05, 0.1) is 6.61 Å². The average Bonchev–Trinajstić information content (AvgIpc) is 2.78. The molecular weight excluding hydrogens is 416 g/mol. The van der Waals surface area contributed by atoms with E-state index < -0.39 is 11.5 Å². The third kappa shape index (κ3) is 6.36. The lowest BCUT2D eigenvalue weighted by Gasteiger charge is -2.34. The molecule has 5 nitrogen and oxygen atoms in total. The number of Topliss-reactive ketones (excluding diaryl/α,β-unsaturated/α-hetero) is 1. The van der Waals surface area contributed by atoms with Gasteiger partial charge in [-0.25, -0.2) is 0 Å². The van der Waals surface area contributed by atoms with Crippen molar-refractivity contribution in [3.8, 4) is 11.5 Å². The maximum atomic E-state index is 12.3. The van der Waals surface area contributed by atoms with E-state index in [0.29, 0.717) is 5.75 Å². The van der Waals surface area contributed by atoms with Gasteiger partial charge in [0.2, 0.25) is 0 Å². The van der Waals surface area contributed by atoms with Crippen LogP contribution in [0.3, 0.4) is 0 Å². The largest absolute Gasteiger partial charge is 0.491 e. The van der Waals surface area contributed by atoms with E-state index >= 15 is 0 Å². The van der Waals surface area contributed by atoms with E-state index in [1.54, 1.807) is 0 Å². The van der Waals surface area contributed by atoms with Crippen LogP contribution in [0.2, 0.25) is 0 Å². The Morgan fingerprint density at radius 2 is 1.39 bits per heavy atom. The Morgan fingerprint density at radius 1 is 0.909 bits per heavy atom. The molecule has 2 aromatic carbocycles. The minimum atomic E-state index is -0.892. The number of hydrogen-bond acceptors (Lipinski definition) is 5. The smallest absolute Gasteiger partial charge is 0.175 e. The molecule has 0 bridgehead atoms. The van der Waals surface area contributed by atoms with Crippen molar-refractivity contribution in [2.24, 2.45) is 5.41 Å². The summed E-state index contributed by atoms with van der Waals surface area (Å²) in [6, 6.07) is 12.4. The van der Waals surface area contributed by atoms with Crippen LogP contribution in [0.25, 0.3) is 0 Å². The molecule has 0 saturated carbocycles. The monoisotopic (exact) mass is 456 g/mol. The van der Waals surface area contributed by atoms with E-state index in [-0.39, 0.29) is 31.0 Å². The van der Waals surface area contributed by atoms with Gasteiger partial charge in [-0.1, -0.05) is 58.9 Å². The molecule has 0 unspecified atom stereocenters. The number of benzene rings is 2. The van der Waals surface area contributed by atoms with E-state index in [9.17, 15) is 9.90 Å². The Kier molecular flexibility index (Phi) is 9.10. The highest BCUT2D eigenvalue weighted by Crippen LogP contribution is 2.41. The molecular formula is C28H40O5. The molecule has 5 heteroatoms. The first-order valence-corrected chi connectivity index (χ1v) is 11.8. The van der Waals surface area contributed by atoms with E-state index in [4.69, 9.17) is 14.6 Å². The highest BCUT2D eigenvalue weighted by molar-refractivity contribution is 5.85. The maximum absolute atomic E-state index is 12.3. The molecule has 2 aromatic rings. The fourth-order valence-corrected chi connectivity index (χ4v) is 4.05. The van der Waals surface area contributed by atoms with Crippen molar-refractivity contribution in [3.05, 3.63) is 58.7 Å². The van der Waals surface area contributed by atoms with Gasteiger partial charge in [0, 0.05) is 10.8 Å². The molecule has 0 radical (unpaired) electrons. The quantitative estimate of drug-likeness (QED) is 0.490. The third-order valence-corrected chi connectivity index (χ3v) is 6.50. The van der Waals surface area contributed by atoms with Crippen molar-refractivity contribution in [2.75, 3.05) is 19.8 Å². The summed E-state index contributed by atoms with van der Waals surface area (Å²) in [4.78, 5) is 12.3. The van der Waals surface area contributed by atoms with Crippen LogP contribution in [-0.2, 0) is 10.2 Å². The van der Waals surface area contributed by atoms with Crippen molar-refractivity contribution in [2.45, 2.75) is 72.8 Å². The molecule has 0 aliphatic heterocycles. The lowest BCUT2D eigenvalue weighted by Crippen LogP contribution is -2.27. The van der Waals surface area contributed by atoms with Crippen LogP contribution >= 0.6 is 0 Å². The van der Waals surface area contributed by atoms with Crippen LogP contribution in [0, 0.1) is 19.3 Å². The molecule has 2 rings (SSSR count). The Hall–Kier alpha value is -2.37. The number of ketones is 1. The number of aliphatic hydroxyl groups is 2. The van der Waals surface area contributed by atoms with Gasteiger partial charge in [-0.05, 0) is 61.1 Å². The average molecular weight is 457 g/mol. The zero-order valence-electron chi connectivity index (χ0n) is 21.2. The van der Waals surface area contributed by atoms with E-state index in [0.717, 1.165) is 29.7 Å². The van der Waals surface area contributed by atoms with Crippen molar-refractivity contribution < 1.29 is 24.5 Å². The van der Waals surface area contributed by atoms with Gasteiger partial charge in [0.25, 0.3) is 0 Å². The molecule has 0 fully saturated rings. The van der Waals surface area contributed by atoms with Crippen LogP contribution in [0.4, 0.5) is 0 Å². The zero-order valence-corrected chi connectivity index (χ0v) is 21.2. The molecule has 0 saturated heterocycles. The first kappa shape index (κ1) is 26.9. The topological polar surface area (TPSA) is 76.0 Å². The van der Waals surface area contributed by atoms with Crippen molar-refractivity contribution in [1.29, 1.82) is 0 Å². The number of rotatable bonds is 11. The number of carbonyl (C=O) groups excluding carboxylic acids is 1. The maximum Gasteiger partial charge on any atom is 0.175 e. The Labute approximate surface area is 198 Å². The summed E-state index contributed by atoms with van der Waals surface area (Å²) in [6.07, 6.45) is 0.958. The van der Waals surface area contributed by atoms with Gasteiger partial charge in [-0.15, -0.1) is 0 Å². The van der Waals surface area contributed by atoms with Crippen molar-refractivity contribution >= 4 is 5.78 Å². The Morgan fingerprint density at radius 3 is 1.79 bits per heavy atom. The predicted octanol–water partition coefficient (Wildman–Crippen LogP) is 5.14. The molecule has 0 heterocycles. The second kappa shape index (κ2) is 11.2. The molecule has 0 amide bonds. The molecule has 0 spiro atoms. The first-order chi connectivity index (χ1) is 15.5. The van der Waals surface area contributed by atoms with Crippen LogP contribution in [-0.4, -0.2) is 41.9 Å². The van der Waals surface area contributed by atoms with Crippen molar-refractivity contribution in [3.63, 3.8) is 0 Å². The summed E-state index contributed by atoms with van der Waals surface area (Å²) < 4.78 is 11.5. The predicted molar refractivity (Wildman–Crippen MR) is 132 cm³/mol. The molecule has 182 valence electrons. The lowest BCUT2D eigenvalue weighted by molar-refractivity contribution is -0.128. The summed E-state index contributed by atoms with van der Waals surface area (Å²) in [5, 5.41) is 18.6. The van der Waals surface area contributed by atoms with E-state index in [2.05, 4.69) is 38.1 Å². The Bertz CT molecular complexity index is 938. The van der Waals surface area contributed by atoms with Gasteiger partial charge < -0.3 is 19.7 Å². The molecule has 2 N–H and O–H groups in total. The second-order valence-corrected chi connectivity index (χ2v) is 9.86. The summed E-state index contributed by atoms with van der Waals surface area (Å²) in [7, 11) is 0. The van der Waals surface area contributed by atoms with E-state index in [1.165, 1.54) is 11.1 Å². The molecule has 0 aliphatic rings. The first-order valence-electron chi connectivity index (χ1n) is 11.8. The second-order valence-electron chi connectivity index (χ2n) is 9.86. The third-order valence-electron chi connectivity index (χ3n) is 6.50. The van der Waals surface area contributed by atoms with Crippen LogP contribution < -0.4 is 9.47 Å². The highest BCUT2D eigenvalue weighted by atomic mass is 16.5. The van der Waals surface area contributed by atoms with Gasteiger partial charge >= 0.3 is 0 Å². The normalized spacial score (nSPS) is 13.0. The molecule has 0 aliphatic carbocycles. The van der Waals surface area contributed by atoms with Gasteiger partial charge in [0.1, 0.15) is 30.8 Å². The van der Waals surface area contributed by atoms with Gasteiger partial charge in [0.15, 0.2) is 5.78 Å². The number of aryl methyl sites for hydroxylation is 2. The van der Waals surface area contributed by atoms with Gasteiger partial charge in [-0.3, -0.25) is 4.79 Å². The summed E-state index contributed by atoms with van der Waals surface area (Å²) in [6.45, 7) is 13.9. The summed E-state index contributed by atoms with van der Waals surface area (Å²) in [5.74, 6) is 1.52. The van der Waals surface area contributed by atoms with E-state index in [1.807, 2.05) is 46.8 Å².